The standard InChI is InChI=1S/C11H21N5O/c1-6(2)9-14-10(13-7(3)5-17)8(4)11(15-9)16-12/h6-7,17H,5,12H2,1-4H3,(H2,13,14,15,16). The van der Waals surface area contributed by atoms with Crippen molar-refractivity contribution in [3.05, 3.63) is 11.4 Å². The first-order chi connectivity index (χ1) is 7.99. The van der Waals surface area contributed by atoms with E-state index >= 15 is 0 Å². The summed E-state index contributed by atoms with van der Waals surface area (Å²) in [6.07, 6.45) is 0. The summed E-state index contributed by atoms with van der Waals surface area (Å²) in [6, 6.07) is -0.0609. The van der Waals surface area contributed by atoms with Crippen LogP contribution in [0.25, 0.3) is 0 Å². The van der Waals surface area contributed by atoms with Crippen molar-refractivity contribution >= 4 is 11.6 Å². The fourth-order valence-electron chi connectivity index (χ4n) is 1.35. The predicted molar refractivity (Wildman–Crippen MR) is 68.8 cm³/mol. The molecule has 1 rings (SSSR count). The lowest BCUT2D eigenvalue weighted by atomic mass is 10.2. The van der Waals surface area contributed by atoms with Gasteiger partial charge in [-0.15, -0.1) is 0 Å². The molecule has 1 heterocycles. The summed E-state index contributed by atoms with van der Waals surface area (Å²) in [5.74, 6) is 7.68. The maximum absolute atomic E-state index is 9.05. The Kier molecular flexibility index (Phi) is 4.65. The van der Waals surface area contributed by atoms with Gasteiger partial charge in [-0.2, -0.15) is 0 Å². The molecular weight excluding hydrogens is 218 g/mol. The van der Waals surface area contributed by atoms with Gasteiger partial charge in [-0.05, 0) is 13.8 Å². The van der Waals surface area contributed by atoms with Crippen molar-refractivity contribution in [1.29, 1.82) is 0 Å². The molecule has 0 aliphatic rings. The highest BCUT2D eigenvalue weighted by molar-refractivity contribution is 5.57. The van der Waals surface area contributed by atoms with Crippen molar-refractivity contribution in [1.82, 2.24) is 9.97 Å². The minimum absolute atomic E-state index is 0.0475. The van der Waals surface area contributed by atoms with Gasteiger partial charge in [0, 0.05) is 17.5 Å². The molecule has 6 heteroatoms. The molecule has 0 spiro atoms. The summed E-state index contributed by atoms with van der Waals surface area (Å²) >= 11 is 0. The van der Waals surface area contributed by atoms with Crippen LogP contribution in [0.1, 0.15) is 38.1 Å². The van der Waals surface area contributed by atoms with E-state index in [1.165, 1.54) is 0 Å². The first-order valence-electron chi connectivity index (χ1n) is 5.72. The van der Waals surface area contributed by atoms with Crippen LogP contribution in [-0.4, -0.2) is 27.7 Å². The Balaban J connectivity index is 3.13. The molecule has 0 aliphatic heterocycles. The normalized spacial score (nSPS) is 12.6. The fraction of sp³-hybridized carbons (Fsp3) is 0.636. The third-order valence-corrected chi connectivity index (χ3v) is 2.47. The molecule has 6 nitrogen and oxygen atoms in total. The second kappa shape index (κ2) is 5.79. The second-order valence-electron chi connectivity index (χ2n) is 4.43. The minimum atomic E-state index is -0.0609. The number of aliphatic hydroxyl groups excluding tert-OH is 1. The predicted octanol–water partition coefficient (Wildman–Crippen LogP) is 0.987. The van der Waals surface area contributed by atoms with E-state index in [9.17, 15) is 0 Å². The van der Waals surface area contributed by atoms with Gasteiger partial charge in [-0.1, -0.05) is 13.8 Å². The quantitative estimate of drug-likeness (QED) is 0.452. The van der Waals surface area contributed by atoms with Gasteiger partial charge in [0.05, 0.1) is 6.61 Å². The highest BCUT2D eigenvalue weighted by Gasteiger charge is 2.13. The van der Waals surface area contributed by atoms with Crippen LogP contribution in [0.15, 0.2) is 0 Å². The highest BCUT2D eigenvalue weighted by Crippen LogP contribution is 2.22. The Morgan fingerprint density at radius 2 is 1.82 bits per heavy atom. The molecule has 5 N–H and O–H groups in total. The van der Waals surface area contributed by atoms with E-state index < -0.39 is 0 Å². The molecule has 17 heavy (non-hydrogen) atoms. The fourth-order valence-corrected chi connectivity index (χ4v) is 1.35. The van der Waals surface area contributed by atoms with Gasteiger partial charge in [0.1, 0.15) is 17.5 Å². The molecule has 0 bridgehead atoms. The molecule has 0 saturated heterocycles. The maximum Gasteiger partial charge on any atom is 0.148 e. The third kappa shape index (κ3) is 3.28. The molecule has 96 valence electrons. The summed E-state index contributed by atoms with van der Waals surface area (Å²) < 4.78 is 0. The van der Waals surface area contributed by atoms with E-state index in [0.29, 0.717) is 11.6 Å². The Morgan fingerprint density at radius 1 is 1.24 bits per heavy atom. The smallest absolute Gasteiger partial charge is 0.148 e. The lowest BCUT2D eigenvalue weighted by Gasteiger charge is -2.17. The van der Waals surface area contributed by atoms with E-state index in [4.69, 9.17) is 10.9 Å². The Morgan fingerprint density at radius 3 is 2.29 bits per heavy atom. The van der Waals surface area contributed by atoms with Gasteiger partial charge >= 0.3 is 0 Å². The monoisotopic (exact) mass is 239 g/mol. The molecule has 0 aromatic carbocycles. The number of nitrogens with one attached hydrogen (secondary N) is 2. The molecule has 1 aromatic rings. The molecule has 0 radical (unpaired) electrons. The number of nitrogens with two attached hydrogens (primary N) is 1. The highest BCUT2D eigenvalue weighted by atomic mass is 16.3. The SMILES string of the molecule is Cc1c(NN)nc(C(C)C)nc1NC(C)CO. The number of aromatic nitrogens is 2. The van der Waals surface area contributed by atoms with Crippen LogP contribution in [0.3, 0.4) is 0 Å². The number of hydrogen-bond donors (Lipinski definition) is 4. The van der Waals surface area contributed by atoms with Crippen molar-refractivity contribution < 1.29 is 5.11 Å². The van der Waals surface area contributed by atoms with E-state index in [1.54, 1.807) is 0 Å². The summed E-state index contributed by atoms with van der Waals surface area (Å²) in [5, 5.41) is 12.2. The topological polar surface area (TPSA) is 96.1 Å². The molecule has 1 unspecified atom stereocenters. The summed E-state index contributed by atoms with van der Waals surface area (Å²) in [7, 11) is 0. The molecule has 0 fully saturated rings. The molecule has 1 aromatic heterocycles. The first-order valence-corrected chi connectivity index (χ1v) is 5.72. The van der Waals surface area contributed by atoms with E-state index in [0.717, 1.165) is 11.4 Å². The van der Waals surface area contributed by atoms with Crippen LogP contribution in [0.2, 0.25) is 0 Å². The van der Waals surface area contributed by atoms with E-state index in [2.05, 4.69) is 20.7 Å². The average Bonchev–Trinajstić information content (AvgIpc) is 2.31. The summed E-state index contributed by atoms with van der Waals surface area (Å²) in [5.41, 5.74) is 3.41. The Labute approximate surface area is 102 Å². The van der Waals surface area contributed by atoms with Gasteiger partial charge in [0.25, 0.3) is 0 Å². The number of aliphatic hydroxyl groups is 1. The molecule has 0 amide bonds. The van der Waals surface area contributed by atoms with Gasteiger partial charge in [0.15, 0.2) is 0 Å². The zero-order valence-corrected chi connectivity index (χ0v) is 10.8. The summed E-state index contributed by atoms with van der Waals surface area (Å²) in [6.45, 7) is 7.85. The number of hydrogen-bond acceptors (Lipinski definition) is 6. The number of nitrogen functional groups attached to an aromatic ring is 1. The largest absolute Gasteiger partial charge is 0.394 e. The zero-order chi connectivity index (χ0) is 13.0. The molecule has 0 aliphatic carbocycles. The second-order valence-corrected chi connectivity index (χ2v) is 4.43. The van der Waals surface area contributed by atoms with Crippen molar-refractivity contribution in [2.75, 3.05) is 17.3 Å². The number of anilines is 2. The van der Waals surface area contributed by atoms with Crippen LogP contribution in [0.4, 0.5) is 11.6 Å². The van der Waals surface area contributed by atoms with Crippen molar-refractivity contribution in [3.8, 4) is 0 Å². The lowest BCUT2D eigenvalue weighted by Crippen LogP contribution is -2.22. The van der Waals surface area contributed by atoms with Crippen molar-refractivity contribution in [2.24, 2.45) is 5.84 Å². The Hall–Kier alpha value is -1.40. The van der Waals surface area contributed by atoms with Gasteiger partial charge in [-0.25, -0.2) is 15.8 Å². The summed E-state index contributed by atoms with van der Waals surface area (Å²) in [4.78, 5) is 8.77. The van der Waals surface area contributed by atoms with Crippen LogP contribution in [0.5, 0.6) is 0 Å². The van der Waals surface area contributed by atoms with E-state index in [1.807, 2.05) is 27.7 Å². The number of rotatable bonds is 5. The van der Waals surface area contributed by atoms with Crippen LogP contribution >= 0.6 is 0 Å². The van der Waals surface area contributed by atoms with Gasteiger partial charge in [0.2, 0.25) is 0 Å². The van der Waals surface area contributed by atoms with Crippen LogP contribution in [-0.2, 0) is 0 Å². The maximum atomic E-state index is 9.05. The first kappa shape index (κ1) is 13.7. The van der Waals surface area contributed by atoms with Crippen LogP contribution < -0.4 is 16.6 Å². The zero-order valence-electron chi connectivity index (χ0n) is 10.8. The van der Waals surface area contributed by atoms with Gasteiger partial charge in [-0.3, -0.25) is 0 Å². The molecule has 1 atom stereocenters. The lowest BCUT2D eigenvalue weighted by molar-refractivity contribution is 0.281. The molecular formula is C11H21N5O. The van der Waals surface area contributed by atoms with E-state index in [-0.39, 0.29) is 18.6 Å². The third-order valence-electron chi connectivity index (χ3n) is 2.47. The number of nitrogens with zero attached hydrogens (tertiary/aromatic N) is 2. The Bertz CT molecular complexity index is 380. The van der Waals surface area contributed by atoms with Crippen LogP contribution in [0, 0.1) is 6.92 Å². The van der Waals surface area contributed by atoms with Gasteiger partial charge < -0.3 is 15.8 Å². The average molecular weight is 239 g/mol. The molecule has 0 saturated carbocycles. The number of hydrazine groups is 1. The van der Waals surface area contributed by atoms with Crippen molar-refractivity contribution in [3.63, 3.8) is 0 Å². The minimum Gasteiger partial charge on any atom is -0.394 e. The van der Waals surface area contributed by atoms with Crippen molar-refractivity contribution in [2.45, 2.75) is 39.7 Å².